The van der Waals surface area contributed by atoms with Crippen LogP contribution in [-0.4, -0.2) is 11.5 Å². The summed E-state index contributed by atoms with van der Waals surface area (Å²) in [7, 11) is 0. The zero-order chi connectivity index (χ0) is 9.97. The number of nitrogens with one attached hydrogen (secondary N) is 1. The summed E-state index contributed by atoms with van der Waals surface area (Å²) in [5, 5.41) is 12.3. The van der Waals surface area contributed by atoms with Gasteiger partial charge in [-0.3, -0.25) is 0 Å². The van der Waals surface area contributed by atoms with Crippen LogP contribution >= 0.6 is 11.6 Å². The van der Waals surface area contributed by atoms with Gasteiger partial charge in [0, 0.05) is 6.54 Å². The molecule has 0 spiro atoms. The maximum Gasteiger partial charge on any atom is 0.161 e. The van der Waals surface area contributed by atoms with Crippen LogP contribution in [0.1, 0.15) is 18.5 Å². The first kappa shape index (κ1) is 9.29. The van der Waals surface area contributed by atoms with Gasteiger partial charge in [0.2, 0.25) is 0 Å². The largest absolute Gasteiger partial charge is 0.370 e. The van der Waals surface area contributed by atoms with Crippen molar-refractivity contribution < 1.29 is 0 Å². The molecule has 0 saturated heterocycles. The number of halogens is 1. The van der Waals surface area contributed by atoms with E-state index in [9.17, 15) is 0 Å². The maximum atomic E-state index is 8.71. The summed E-state index contributed by atoms with van der Waals surface area (Å²) in [4.78, 5) is 4.09. The average molecular weight is 208 g/mol. The molecule has 1 aliphatic rings. The number of rotatable bonds is 3. The van der Waals surface area contributed by atoms with Crippen LogP contribution in [0.4, 0.5) is 5.82 Å². The molecule has 0 atom stereocenters. The summed E-state index contributed by atoms with van der Waals surface area (Å²) in [5.41, 5.74) is 0.285. The fourth-order valence-corrected chi connectivity index (χ4v) is 1.34. The van der Waals surface area contributed by atoms with Crippen LogP contribution in [-0.2, 0) is 0 Å². The van der Waals surface area contributed by atoms with Gasteiger partial charge in [0.1, 0.15) is 11.9 Å². The Labute approximate surface area is 87.7 Å². The Hall–Kier alpha value is -1.27. The standard InChI is InChI=1S/C10H10ClN3/c11-8-3-4-10(14-9(8)5-12)13-6-7-1-2-7/h3-4,7H,1-2,6H2,(H,13,14). The predicted molar refractivity (Wildman–Crippen MR) is 55.2 cm³/mol. The van der Waals surface area contributed by atoms with Crippen LogP contribution in [0.15, 0.2) is 12.1 Å². The van der Waals surface area contributed by atoms with Crippen LogP contribution in [0.3, 0.4) is 0 Å². The quantitative estimate of drug-likeness (QED) is 0.828. The molecular weight excluding hydrogens is 198 g/mol. The van der Waals surface area contributed by atoms with Gasteiger partial charge in [0.25, 0.3) is 0 Å². The van der Waals surface area contributed by atoms with Gasteiger partial charge in [-0.25, -0.2) is 4.98 Å². The molecule has 0 aromatic carbocycles. The van der Waals surface area contributed by atoms with Crippen molar-refractivity contribution in [1.29, 1.82) is 5.26 Å². The van der Waals surface area contributed by atoms with Crippen molar-refractivity contribution in [1.82, 2.24) is 4.98 Å². The Morgan fingerprint density at radius 3 is 3.00 bits per heavy atom. The summed E-state index contributed by atoms with van der Waals surface area (Å²) in [6.45, 7) is 0.944. The lowest BCUT2D eigenvalue weighted by Crippen LogP contribution is -2.05. The third-order valence-electron chi connectivity index (χ3n) is 2.22. The molecule has 1 aromatic rings. The predicted octanol–water partition coefficient (Wildman–Crippen LogP) is 2.43. The maximum absolute atomic E-state index is 8.71. The third-order valence-corrected chi connectivity index (χ3v) is 2.53. The summed E-state index contributed by atoms with van der Waals surface area (Å²) >= 11 is 5.76. The van der Waals surface area contributed by atoms with Gasteiger partial charge in [-0.1, -0.05) is 11.6 Å². The normalized spacial score (nSPS) is 14.9. The summed E-state index contributed by atoms with van der Waals surface area (Å²) < 4.78 is 0. The molecule has 1 aromatic heterocycles. The van der Waals surface area contributed by atoms with Crippen LogP contribution in [0, 0.1) is 17.2 Å². The van der Waals surface area contributed by atoms with Crippen LogP contribution in [0.25, 0.3) is 0 Å². The number of hydrogen-bond acceptors (Lipinski definition) is 3. The van der Waals surface area contributed by atoms with E-state index in [1.807, 2.05) is 6.07 Å². The molecule has 2 rings (SSSR count). The Bertz CT molecular complexity index is 379. The fourth-order valence-electron chi connectivity index (χ4n) is 1.19. The van der Waals surface area contributed by atoms with E-state index in [1.54, 1.807) is 12.1 Å². The van der Waals surface area contributed by atoms with Gasteiger partial charge in [-0.2, -0.15) is 5.26 Å². The molecule has 1 fully saturated rings. The van der Waals surface area contributed by atoms with Gasteiger partial charge >= 0.3 is 0 Å². The molecule has 0 radical (unpaired) electrons. The highest BCUT2D eigenvalue weighted by Gasteiger charge is 2.20. The molecule has 0 unspecified atom stereocenters. The summed E-state index contributed by atoms with van der Waals surface area (Å²) in [6.07, 6.45) is 2.59. The van der Waals surface area contributed by atoms with Crippen LogP contribution in [0.2, 0.25) is 5.02 Å². The lowest BCUT2D eigenvalue weighted by atomic mass is 10.3. The van der Waals surface area contributed by atoms with E-state index in [1.165, 1.54) is 12.8 Å². The first-order valence-electron chi connectivity index (χ1n) is 4.60. The van der Waals surface area contributed by atoms with Crippen LogP contribution in [0.5, 0.6) is 0 Å². The molecular formula is C10H10ClN3. The molecule has 0 amide bonds. The van der Waals surface area contributed by atoms with E-state index < -0.39 is 0 Å². The molecule has 4 heteroatoms. The molecule has 3 nitrogen and oxygen atoms in total. The van der Waals surface area contributed by atoms with E-state index >= 15 is 0 Å². The second kappa shape index (κ2) is 3.85. The van der Waals surface area contributed by atoms with Crippen molar-refractivity contribution in [2.45, 2.75) is 12.8 Å². The Kier molecular flexibility index (Phi) is 2.55. The van der Waals surface area contributed by atoms with Gasteiger partial charge in [0.05, 0.1) is 5.02 Å². The second-order valence-corrected chi connectivity index (χ2v) is 3.87. The van der Waals surface area contributed by atoms with Gasteiger partial charge < -0.3 is 5.32 Å². The Morgan fingerprint density at radius 2 is 2.36 bits per heavy atom. The topological polar surface area (TPSA) is 48.7 Å². The van der Waals surface area contributed by atoms with E-state index in [4.69, 9.17) is 16.9 Å². The minimum absolute atomic E-state index is 0.285. The number of pyridine rings is 1. The molecule has 1 N–H and O–H groups in total. The van der Waals surface area contributed by atoms with Crippen molar-refractivity contribution in [3.63, 3.8) is 0 Å². The van der Waals surface area contributed by atoms with E-state index in [0.29, 0.717) is 5.02 Å². The smallest absolute Gasteiger partial charge is 0.161 e. The summed E-state index contributed by atoms with van der Waals surface area (Å²) in [5.74, 6) is 1.52. The van der Waals surface area contributed by atoms with Crippen molar-refractivity contribution in [3.8, 4) is 6.07 Å². The zero-order valence-corrected chi connectivity index (χ0v) is 8.38. The first-order valence-corrected chi connectivity index (χ1v) is 4.98. The van der Waals surface area contributed by atoms with E-state index in [-0.39, 0.29) is 5.69 Å². The number of hydrogen-bond donors (Lipinski definition) is 1. The van der Waals surface area contributed by atoms with E-state index in [0.717, 1.165) is 18.3 Å². The highest BCUT2D eigenvalue weighted by atomic mass is 35.5. The third kappa shape index (κ3) is 2.15. The Balaban J connectivity index is 2.06. The fraction of sp³-hybridized carbons (Fsp3) is 0.400. The second-order valence-electron chi connectivity index (χ2n) is 3.46. The molecule has 0 bridgehead atoms. The zero-order valence-electron chi connectivity index (χ0n) is 7.63. The van der Waals surface area contributed by atoms with Crippen molar-refractivity contribution in [2.24, 2.45) is 5.92 Å². The van der Waals surface area contributed by atoms with E-state index in [2.05, 4.69) is 10.3 Å². The Morgan fingerprint density at radius 1 is 1.57 bits per heavy atom. The first-order chi connectivity index (χ1) is 6.79. The van der Waals surface area contributed by atoms with Gasteiger partial charge in [-0.05, 0) is 30.9 Å². The molecule has 1 aliphatic carbocycles. The summed E-state index contributed by atoms with van der Waals surface area (Å²) in [6, 6.07) is 5.45. The SMILES string of the molecule is N#Cc1nc(NCC2CC2)ccc1Cl. The molecule has 1 saturated carbocycles. The molecule has 14 heavy (non-hydrogen) atoms. The molecule has 0 aliphatic heterocycles. The van der Waals surface area contributed by atoms with Crippen molar-refractivity contribution >= 4 is 17.4 Å². The average Bonchev–Trinajstić information content (AvgIpc) is 3.00. The van der Waals surface area contributed by atoms with Gasteiger partial charge in [-0.15, -0.1) is 0 Å². The number of nitrogens with zero attached hydrogens (tertiary/aromatic N) is 2. The van der Waals surface area contributed by atoms with Crippen molar-refractivity contribution in [2.75, 3.05) is 11.9 Å². The van der Waals surface area contributed by atoms with Gasteiger partial charge in [0.15, 0.2) is 5.69 Å². The number of aromatic nitrogens is 1. The molecule has 72 valence electrons. The number of nitriles is 1. The lowest BCUT2D eigenvalue weighted by Gasteiger charge is -2.04. The number of anilines is 1. The monoisotopic (exact) mass is 207 g/mol. The highest BCUT2D eigenvalue weighted by Crippen LogP contribution is 2.28. The van der Waals surface area contributed by atoms with Crippen molar-refractivity contribution in [3.05, 3.63) is 22.8 Å². The van der Waals surface area contributed by atoms with Crippen LogP contribution < -0.4 is 5.32 Å². The molecule has 1 heterocycles. The minimum atomic E-state index is 0.285. The lowest BCUT2D eigenvalue weighted by molar-refractivity contribution is 0.882. The highest BCUT2D eigenvalue weighted by molar-refractivity contribution is 6.31. The minimum Gasteiger partial charge on any atom is -0.370 e.